The Kier molecular flexibility index (Phi) is 5.76. The van der Waals surface area contributed by atoms with Crippen molar-refractivity contribution in [1.29, 1.82) is 5.26 Å². The SMILES string of the molecule is CC[C@H](C#N)S(=O)(=O)NC(C)(C)Cc1cccc(OC)c1. The summed E-state index contributed by atoms with van der Waals surface area (Å²) < 4.78 is 32.1. The fourth-order valence-corrected chi connectivity index (χ4v) is 3.73. The van der Waals surface area contributed by atoms with E-state index in [0.29, 0.717) is 6.42 Å². The molecule has 1 aromatic carbocycles. The Morgan fingerprint density at radius 1 is 1.43 bits per heavy atom. The van der Waals surface area contributed by atoms with Gasteiger partial charge in [-0.3, -0.25) is 0 Å². The van der Waals surface area contributed by atoms with Crippen LogP contribution in [0, 0.1) is 11.3 Å². The minimum Gasteiger partial charge on any atom is -0.497 e. The molecule has 0 heterocycles. The zero-order valence-electron chi connectivity index (χ0n) is 12.9. The Morgan fingerprint density at radius 3 is 2.62 bits per heavy atom. The fraction of sp³-hybridized carbons (Fsp3) is 0.533. The van der Waals surface area contributed by atoms with Crippen LogP contribution in [0.25, 0.3) is 0 Å². The summed E-state index contributed by atoms with van der Waals surface area (Å²) in [6.45, 7) is 5.28. The van der Waals surface area contributed by atoms with Gasteiger partial charge in [0.1, 0.15) is 5.75 Å². The number of rotatable bonds is 7. The highest BCUT2D eigenvalue weighted by Crippen LogP contribution is 2.19. The predicted molar refractivity (Wildman–Crippen MR) is 82.5 cm³/mol. The average Bonchev–Trinajstić information content (AvgIpc) is 2.37. The minimum atomic E-state index is -3.66. The number of benzene rings is 1. The van der Waals surface area contributed by atoms with Gasteiger partial charge in [0, 0.05) is 5.54 Å². The van der Waals surface area contributed by atoms with Crippen molar-refractivity contribution in [2.45, 2.75) is 44.4 Å². The first-order chi connectivity index (χ1) is 9.74. The van der Waals surface area contributed by atoms with Crippen LogP contribution < -0.4 is 9.46 Å². The molecule has 0 unspecified atom stereocenters. The van der Waals surface area contributed by atoms with Gasteiger partial charge in [0.15, 0.2) is 5.25 Å². The van der Waals surface area contributed by atoms with Crippen LogP contribution in [0.15, 0.2) is 24.3 Å². The average molecular weight is 310 g/mol. The number of nitrogens with zero attached hydrogens (tertiary/aromatic N) is 1. The summed E-state index contributed by atoms with van der Waals surface area (Å²) in [5, 5.41) is 7.90. The van der Waals surface area contributed by atoms with Crippen molar-refractivity contribution >= 4 is 10.0 Å². The van der Waals surface area contributed by atoms with Crippen LogP contribution in [-0.4, -0.2) is 26.3 Å². The van der Waals surface area contributed by atoms with Crippen LogP contribution in [0.4, 0.5) is 0 Å². The van der Waals surface area contributed by atoms with Gasteiger partial charge in [-0.15, -0.1) is 0 Å². The molecule has 0 saturated carbocycles. The van der Waals surface area contributed by atoms with Crippen molar-refractivity contribution < 1.29 is 13.2 Å². The number of ether oxygens (including phenoxy) is 1. The summed E-state index contributed by atoms with van der Waals surface area (Å²) in [7, 11) is -2.07. The first kappa shape index (κ1) is 17.5. The van der Waals surface area contributed by atoms with E-state index in [1.165, 1.54) is 0 Å². The molecule has 0 radical (unpaired) electrons. The first-order valence-corrected chi connectivity index (χ1v) is 8.34. The van der Waals surface area contributed by atoms with Gasteiger partial charge in [0.25, 0.3) is 0 Å². The lowest BCUT2D eigenvalue weighted by molar-refractivity contribution is 0.412. The van der Waals surface area contributed by atoms with Gasteiger partial charge >= 0.3 is 0 Å². The fourth-order valence-electron chi connectivity index (χ4n) is 2.17. The topological polar surface area (TPSA) is 79.2 Å². The smallest absolute Gasteiger partial charge is 0.228 e. The Hall–Kier alpha value is -1.58. The van der Waals surface area contributed by atoms with Gasteiger partial charge in [-0.05, 0) is 44.4 Å². The molecular weight excluding hydrogens is 288 g/mol. The third-order valence-corrected chi connectivity index (χ3v) is 5.11. The third kappa shape index (κ3) is 5.03. The maximum Gasteiger partial charge on any atom is 0.228 e. The number of hydrogen-bond acceptors (Lipinski definition) is 4. The lowest BCUT2D eigenvalue weighted by Gasteiger charge is -2.27. The second-order valence-electron chi connectivity index (χ2n) is 5.59. The van der Waals surface area contributed by atoms with Crippen LogP contribution in [0.1, 0.15) is 32.8 Å². The Labute approximate surface area is 127 Å². The zero-order chi connectivity index (χ0) is 16.1. The summed E-state index contributed by atoms with van der Waals surface area (Å²) >= 11 is 0. The highest BCUT2D eigenvalue weighted by atomic mass is 32.2. The molecule has 0 saturated heterocycles. The van der Waals surface area contributed by atoms with Crippen molar-refractivity contribution in [2.75, 3.05) is 7.11 Å². The second-order valence-corrected chi connectivity index (χ2v) is 7.45. The zero-order valence-corrected chi connectivity index (χ0v) is 13.7. The Morgan fingerprint density at radius 2 is 2.10 bits per heavy atom. The molecule has 21 heavy (non-hydrogen) atoms. The lowest BCUT2D eigenvalue weighted by Crippen LogP contribution is -2.48. The molecule has 0 aliphatic heterocycles. The van der Waals surface area contributed by atoms with Gasteiger partial charge in [-0.25, -0.2) is 13.1 Å². The van der Waals surface area contributed by atoms with Crippen LogP contribution >= 0.6 is 0 Å². The molecule has 116 valence electrons. The molecule has 6 heteroatoms. The number of methoxy groups -OCH3 is 1. The Bertz CT molecular complexity index is 618. The monoisotopic (exact) mass is 310 g/mol. The third-order valence-electron chi connectivity index (χ3n) is 3.09. The molecule has 0 bridgehead atoms. The molecule has 0 aliphatic carbocycles. The van der Waals surface area contributed by atoms with Gasteiger partial charge in [0.05, 0.1) is 13.2 Å². The largest absolute Gasteiger partial charge is 0.497 e. The molecule has 0 aromatic heterocycles. The van der Waals surface area contributed by atoms with Crippen molar-refractivity contribution in [3.63, 3.8) is 0 Å². The highest BCUT2D eigenvalue weighted by molar-refractivity contribution is 7.90. The second kappa shape index (κ2) is 6.92. The maximum absolute atomic E-state index is 12.2. The van der Waals surface area contributed by atoms with Crippen LogP contribution in [0.3, 0.4) is 0 Å². The highest BCUT2D eigenvalue weighted by Gasteiger charge is 2.30. The summed E-state index contributed by atoms with van der Waals surface area (Å²) in [4.78, 5) is 0. The van der Waals surface area contributed by atoms with E-state index < -0.39 is 20.8 Å². The van der Waals surface area contributed by atoms with Gasteiger partial charge in [0.2, 0.25) is 10.0 Å². The Balaban J connectivity index is 2.89. The van der Waals surface area contributed by atoms with E-state index in [1.807, 2.05) is 30.3 Å². The minimum absolute atomic E-state index is 0.265. The van der Waals surface area contributed by atoms with E-state index in [1.54, 1.807) is 27.9 Å². The summed E-state index contributed by atoms with van der Waals surface area (Å²) in [5.41, 5.74) is 0.280. The standard InChI is InChI=1S/C15H22N2O3S/c1-5-14(11-16)21(18,19)17-15(2,3)10-12-7-6-8-13(9-12)20-4/h6-9,14,17H,5,10H2,1-4H3/t14-/m1/s1. The molecular formula is C15H22N2O3S. The van der Waals surface area contributed by atoms with E-state index in [4.69, 9.17) is 10.00 Å². The summed E-state index contributed by atoms with van der Waals surface area (Å²) in [5.74, 6) is 0.731. The summed E-state index contributed by atoms with van der Waals surface area (Å²) in [6, 6.07) is 9.32. The molecule has 0 aliphatic rings. The molecule has 1 aromatic rings. The molecule has 1 atom stereocenters. The van der Waals surface area contributed by atoms with Crippen LogP contribution in [0.2, 0.25) is 0 Å². The normalized spacial score (nSPS) is 13.5. The molecule has 0 spiro atoms. The van der Waals surface area contributed by atoms with E-state index in [0.717, 1.165) is 11.3 Å². The van der Waals surface area contributed by atoms with E-state index in [9.17, 15) is 8.42 Å². The molecule has 1 N–H and O–H groups in total. The van der Waals surface area contributed by atoms with Gasteiger partial charge in [-0.1, -0.05) is 19.1 Å². The lowest BCUT2D eigenvalue weighted by atomic mass is 9.96. The molecule has 1 rings (SSSR count). The van der Waals surface area contributed by atoms with Crippen molar-refractivity contribution in [3.05, 3.63) is 29.8 Å². The number of nitrogens with one attached hydrogen (secondary N) is 1. The predicted octanol–water partition coefficient (Wildman–Crippen LogP) is 2.24. The van der Waals surface area contributed by atoms with Crippen molar-refractivity contribution in [1.82, 2.24) is 4.72 Å². The van der Waals surface area contributed by atoms with Crippen LogP contribution in [0.5, 0.6) is 5.75 Å². The van der Waals surface area contributed by atoms with Crippen molar-refractivity contribution in [2.24, 2.45) is 0 Å². The summed E-state index contributed by atoms with van der Waals surface area (Å²) in [6.07, 6.45) is 0.770. The quantitative estimate of drug-likeness (QED) is 0.837. The number of nitriles is 1. The first-order valence-electron chi connectivity index (χ1n) is 6.79. The van der Waals surface area contributed by atoms with E-state index >= 15 is 0 Å². The number of hydrogen-bond donors (Lipinski definition) is 1. The van der Waals surface area contributed by atoms with E-state index in [2.05, 4.69) is 4.72 Å². The van der Waals surface area contributed by atoms with E-state index in [-0.39, 0.29) is 6.42 Å². The number of sulfonamides is 1. The van der Waals surface area contributed by atoms with Crippen molar-refractivity contribution in [3.8, 4) is 11.8 Å². The maximum atomic E-state index is 12.2. The molecule has 0 fully saturated rings. The molecule has 0 amide bonds. The van der Waals surface area contributed by atoms with Crippen LogP contribution in [-0.2, 0) is 16.4 Å². The van der Waals surface area contributed by atoms with Gasteiger partial charge < -0.3 is 4.74 Å². The van der Waals surface area contributed by atoms with Gasteiger partial charge in [-0.2, -0.15) is 5.26 Å². The molecule has 5 nitrogen and oxygen atoms in total.